The number of rotatable bonds is 7. The second-order valence-corrected chi connectivity index (χ2v) is 5.64. The first-order chi connectivity index (χ1) is 8.43. The van der Waals surface area contributed by atoms with E-state index in [0.717, 1.165) is 17.5 Å². The van der Waals surface area contributed by atoms with E-state index in [0.29, 0.717) is 6.54 Å². The maximum absolute atomic E-state index is 11.3. The zero-order chi connectivity index (χ0) is 13.6. The summed E-state index contributed by atoms with van der Waals surface area (Å²) in [7, 11) is -3.77. The van der Waals surface area contributed by atoms with E-state index in [1.807, 2.05) is 12.1 Å². The van der Waals surface area contributed by atoms with Crippen LogP contribution < -0.4 is 10.5 Å². The minimum atomic E-state index is -3.77. The van der Waals surface area contributed by atoms with Crippen LogP contribution in [0.15, 0.2) is 24.3 Å². The Hall–Kier alpha value is -1.44. The molecular formula is C11H16N2O4S. The van der Waals surface area contributed by atoms with Crippen molar-refractivity contribution in [1.82, 2.24) is 4.72 Å². The van der Waals surface area contributed by atoms with Gasteiger partial charge in [0.2, 0.25) is 10.0 Å². The van der Waals surface area contributed by atoms with Crippen LogP contribution in [0.25, 0.3) is 0 Å². The van der Waals surface area contributed by atoms with Crippen molar-refractivity contribution in [2.45, 2.75) is 13.0 Å². The Morgan fingerprint density at radius 3 is 2.28 bits per heavy atom. The number of carboxylic acids is 1. The summed E-state index contributed by atoms with van der Waals surface area (Å²) in [5.41, 5.74) is 7.26. The molecule has 0 atom stereocenters. The lowest BCUT2D eigenvalue weighted by molar-refractivity contribution is -0.134. The lowest BCUT2D eigenvalue weighted by Gasteiger charge is -2.05. The summed E-state index contributed by atoms with van der Waals surface area (Å²) < 4.78 is 24.8. The summed E-state index contributed by atoms with van der Waals surface area (Å²) in [5, 5.41) is 8.41. The van der Waals surface area contributed by atoms with E-state index in [2.05, 4.69) is 4.72 Å². The molecule has 0 aromatic heterocycles. The first-order valence-corrected chi connectivity index (χ1v) is 7.05. The van der Waals surface area contributed by atoms with Gasteiger partial charge in [-0.05, 0) is 24.1 Å². The van der Waals surface area contributed by atoms with Crippen LogP contribution in [0.1, 0.15) is 11.1 Å². The summed E-state index contributed by atoms with van der Waals surface area (Å²) in [5.74, 6) is -2.29. The van der Waals surface area contributed by atoms with Crippen LogP contribution in [0, 0.1) is 0 Å². The molecule has 0 aliphatic heterocycles. The molecule has 1 rings (SSSR count). The molecule has 0 amide bonds. The number of nitrogens with one attached hydrogen (secondary N) is 1. The highest BCUT2D eigenvalue weighted by atomic mass is 32.2. The number of carbonyl (C=O) groups is 1. The topological polar surface area (TPSA) is 109 Å². The van der Waals surface area contributed by atoms with Crippen LogP contribution in [0.5, 0.6) is 0 Å². The zero-order valence-corrected chi connectivity index (χ0v) is 10.6. The van der Waals surface area contributed by atoms with Crippen molar-refractivity contribution in [3.05, 3.63) is 35.4 Å². The van der Waals surface area contributed by atoms with Gasteiger partial charge in [0.05, 0.1) is 0 Å². The number of hydrogen-bond donors (Lipinski definition) is 3. The normalized spacial score (nSPS) is 11.4. The Balaban J connectivity index is 2.56. The number of benzene rings is 1. The summed E-state index contributed by atoms with van der Waals surface area (Å²) in [6, 6.07) is 7.31. The minimum Gasteiger partial charge on any atom is -0.480 e. The summed E-state index contributed by atoms with van der Waals surface area (Å²) in [4.78, 5) is 10.3. The highest BCUT2D eigenvalue weighted by Gasteiger charge is 2.14. The van der Waals surface area contributed by atoms with E-state index in [-0.39, 0.29) is 6.54 Å². The molecule has 0 heterocycles. The van der Waals surface area contributed by atoms with Crippen LogP contribution >= 0.6 is 0 Å². The Morgan fingerprint density at radius 1 is 1.22 bits per heavy atom. The predicted molar refractivity (Wildman–Crippen MR) is 67.5 cm³/mol. The van der Waals surface area contributed by atoms with E-state index in [1.54, 1.807) is 12.1 Å². The molecule has 100 valence electrons. The maximum Gasteiger partial charge on any atom is 0.320 e. The number of nitrogens with two attached hydrogens (primary N) is 1. The first kappa shape index (κ1) is 14.6. The van der Waals surface area contributed by atoms with Crippen molar-refractivity contribution in [3.63, 3.8) is 0 Å². The smallest absolute Gasteiger partial charge is 0.320 e. The van der Waals surface area contributed by atoms with Crippen molar-refractivity contribution in [2.75, 3.05) is 12.3 Å². The second kappa shape index (κ2) is 6.48. The fourth-order valence-corrected chi connectivity index (χ4v) is 2.21. The van der Waals surface area contributed by atoms with Gasteiger partial charge in [0.25, 0.3) is 0 Å². The molecule has 0 aliphatic rings. The molecule has 7 heteroatoms. The van der Waals surface area contributed by atoms with Crippen LogP contribution in [0.3, 0.4) is 0 Å². The van der Waals surface area contributed by atoms with Crippen molar-refractivity contribution in [1.29, 1.82) is 0 Å². The van der Waals surface area contributed by atoms with Gasteiger partial charge in [-0.15, -0.1) is 0 Å². The summed E-state index contributed by atoms with van der Waals surface area (Å²) in [6.45, 7) is 0.642. The molecule has 18 heavy (non-hydrogen) atoms. The number of sulfonamides is 1. The Bertz CT molecular complexity index is 496. The monoisotopic (exact) mass is 272 g/mol. The molecule has 0 unspecified atom stereocenters. The van der Waals surface area contributed by atoms with Gasteiger partial charge in [-0.3, -0.25) is 4.79 Å². The molecule has 0 bridgehead atoms. The number of aliphatic carboxylic acids is 1. The molecule has 0 saturated carbocycles. The average Bonchev–Trinajstić information content (AvgIpc) is 2.27. The molecular weight excluding hydrogens is 256 g/mol. The van der Waals surface area contributed by atoms with Crippen molar-refractivity contribution >= 4 is 16.0 Å². The van der Waals surface area contributed by atoms with Gasteiger partial charge in [-0.2, -0.15) is 0 Å². The highest BCUT2D eigenvalue weighted by Crippen LogP contribution is 2.05. The van der Waals surface area contributed by atoms with E-state index in [9.17, 15) is 13.2 Å². The van der Waals surface area contributed by atoms with Crippen LogP contribution in [-0.4, -0.2) is 31.8 Å². The fourth-order valence-electron chi connectivity index (χ4n) is 1.40. The molecule has 0 spiro atoms. The minimum absolute atomic E-state index is 0.0819. The fraction of sp³-hybridized carbons (Fsp3) is 0.364. The quantitative estimate of drug-likeness (QED) is 0.631. The van der Waals surface area contributed by atoms with E-state index < -0.39 is 21.7 Å². The third kappa shape index (κ3) is 5.26. The molecule has 4 N–H and O–H groups in total. The van der Waals surface area contributed by atoms with Gasteiger partial charge in [0.15, 0.2) is 5.75 Å². The van der Waals surface area contributed by atoms with Gasteiger partial charge >= 0.3 is 5.97 Å². The van der Waals surface area contributed by atoms with Crippen LogP contribution in [0.4, 0.5) is 0 Å². The summed E-state index contributed by atoms with van der Waals surface area (Å²) >= 11 is 0. The number of hydrogen-bond acceptors (Lipinski definition) is 4. The van der Waals surface area contributed by atoms with Gasteiger partial charge in [0.1, 0.15) is 0 Å². The van der Waals surface area contributed by atoms with E-state index in [1.165, 1.54) is 0 Å². The van der Waals surface area contributed by atoms with E-state index in [4.69, 9.17) is 10.8 Å². The lowest BCUT2D eigenvalue weighted by Crippen LogP contribution is -2.29. The SMILES string of the molecule is NCCc1ccc(CNS(=O)(=O)CC(=O)O)cc1. The largest absolute Gasteiger partial charge is 0.480 e. The molecule has 0 fully saturated rings. The predicted octanol–water partition coefficient (Wildman–Crippen LogP) is -0.308. The lowest BCUT2D eigenvalue weighted by atomic mass is 10.1. The van der Waals surface area contributed by atoms with Crippen LogP contribution in [0.2, 0.25) is 0 Å². The molecule has 1 aromatic carbocycles. The van der Waals surface area contributed by atoms with Crippen molar-refractivity contribution < 1.29 is 18.3 Å². The molecule has 0 aliphatic carbocycles. The van der Waals surface area contributed by atoms with Crippen molar-refractivity contribution in [3.8, 4) is 0 Å². The highest BCUT2D eigenvalue weighted by molar-refractivity contribution is 7.90. The second-order valence-electron chi connectivity index (χ2n) is 3.83. The van der Waals surface area contributed by atoms with Crippen molar-refractivity contribution in [2.24, 2.45) is 5.73 Å². The van der Waals surface area contributed by atoms with Gasteiger partial charge in [-0.1, -0.05) is 24.3 Å². The third-order valence-electron chi connectivity index (χ3n) is 2.27. The van der Waals surface area contributed by atoms with Crippen LogP contribution in [-0.2, 0) is 27.8 Å². The maximum atomic E-state index is 11.3. The summed E-state index contributed by atoms with van der Waals surface area (Å²) in [6.07, 6.45) is 0.769. The Morgan fingerprint density at radius 2 is 1.78 bits per heavy atom. The average molecular weight is 272 g/mol. The van der Waals surface area contributed by atoms with Gasteiger partial charge < -0.3 is 10.8 Å². The standard InChI is InChI=1S/C11H16N2O4S/c12-6-5-9-1-3-10(4-2-9)7-13-18(16,17)8-11(14)15/h1-4,13H,5-8,12H2,(H,14,15). The first-order valence-electron chi connectivity index (χ1n) is 5.40. The Kier molecular flexibility index (Phi) is 5.26. The van der Waals surface area contributed by atoms with Gasteiger partial charge in [-0.25, -0.2) is 13.1 Å². The Labute approximate surface area is 106 Å². The van der Waals surface area contributed by atoms with E-state index >= 15 is 0 Å². The molecule has 6 nitrogen and oxygen atoms in total. The molecule has 0 saturated heterocycles. The third-order valence-corrected chi connectivity index (χ3v) is 3.48. The molecule has 0 radical (unpaired) electrons. The molecule has 1 aromatic rings. The van der Waals surface area contributed by atoms with Gasteiger partial charge in [0, 0.05) is 6.54 Å². The zero-order valence-electron chi connectivity index (χ0n) is 9.80. The number of carboxylic acid groups (broad SMARTS) is 1.